The normalized spacial score (nSPS) is 16.4. The molecule has 2 amide bonds. The number of amides is 2. The first kappa shape index (κ1) is 32.0. The molecular formula is C41H33N3O4S. The van der Waals surface area contributed by atoms with Gasteiger partial charge in [0.1, 0.15) is 12.1 Å². The van der Waals surface area contributed by atoms with Gasteiger partial charge in [0.2, 0.25) is 4.93 Å². The van der Waals surface area contributed by atoms with E-state index in [1.165, 1.54) is 4.90 Å². The third-order valence-corrected chi connectivity index (χ3v) is 9.67. The molecule has 1 aliphatic rings. The number of carbonyl (C=O) groups excluding carboxylic acids is 2. The van der Waals surface area contributed by atoms with E-state index in [0.717, 1.165) is 44.9 Å². The Hall–Kier alpha value is -5.57. The minimum absolute atomic E-state index is 0.0180. The summed E-state index contributed by atoms with van der Waals surface area (Å²) >= 11 is 0.908. The Kier molecular flexibility index (Phi) is 9.32. The van der Waals surface area contributed by atoms with E-state index in [2.05, 4.69) is 10.1 Å². The molecule has 1 unspecified atom stereocenters. The highest BCUT2D eigenvalue weighted by atomic mass is 32.2. The molecular weight excluding hydrogens is 631 g/mol. The first-order chi connectivity index (χ1) is 24.1. The van der Waals surface area contributed by atoms with Crippen LogP contribution in [-0.4, -0.2) is 45.4 Å². The number of thioether (sulfide) groups is 1. The van der Waals surface area contributed by atoms with Gasteiger partial charge >= 0.3 is 0 Å². The molecule has 0 spiro atoms. The van der Waals surface area contributed by atoms with Crippen molar-refractivity contribution in [2.45, 2.75) is 16.9 Å². The number of rotatable bonds is 12. The van der Waals surface area contributed by atoms with E-state index >= 15 is 4.79 Å². The van der Waals surface area contributed by atoms with Crippen LogP contribution in [0.2, 0.25) is 0 Å². The summed E-state index contributed by atoms with van der Waals surface area (Å²) in [4.78, 5) is 39.6. The molecule has 242 valence electrons. The summed E-state index contributed by atoms with van der Waals surface area (Å²) in [6.07, 6.45) is 1.72. The van der Waals surface area contributed by atoms with Gasteiger partial charge in [-0.3, -0.25) is 14.5 Å². The number of benzene rings is 5. The Morgan fingerprint density at radius 1 is 0.673 bits per heavy atom. The Labute approximate surface area is 289 Å². The van der Waals surface area contributed by atoms with E-state index in [1.54, 1.807) is 6.21 Å². The van der Waals surface area contributed by atoms with Crippen LogP contribution >= 0.6 is 11.8 Å². The van der Waals surface area contributed by atoms with Crippen LogP contribution in [0, 0.1) is 0 Å². The molecule has 7 rings (SSSR count). The van der Waals surface area contributed by atoms with E-state index in [-0.39, 0.29) is 19.6 Å². The summed E-state index contributed by atoms with van der Waals surface area (Å²) < 4.78 is 6.46. The zero-order chi connectivity index (χ0) is 33.5. The van der Waals surface area contributed by atoms with Gasteiger partial charge in [0.15, 0.2) is 0 Å². The van der Waals surface area contributed by atoms with Gasteiger partial charge in [-0.1, -0.05) is 151 Å². The van der Waals surface area contributed by atoms with Gasteiger partial charge in [-0.2, -0.15) is 0 Å². The largest absolute Gasteiger partial charge is 0.393 e. The van der Waals surface area contributed by atoms with E-state index in [0.29, 0.717) is 5.69 Å². The number of oxime groups is 1. The molecule has 0 N–H and O–H groups in total. The van der Waals surface area contributed by atoms with Crippen LogP contribution in [0.25, 0.3) is 10.9 Å². The van der Waals surface area contributed by atoms with Crippen LogP contribution in [0.5, 0.6) is 0 Å². The molecule has 0 bridgehead atoms. The predicted octanol–water partition coefficient (Wildman–Crippen LogP) is 8.23. The van der Waals surface area contributed by atoms with Crippen molar-refractivity contribution in [2.24, 2.45) is 5.16 Å². The fourth-order valence-corrected chi connectivity index (χ4v) is 7.51. The van der Waals surface area contributed by atoms with Crippen molar-refractivity contribution >= 4 is 40.0 Å². The summed E-state index contributed by atoms with van der Waals surface area (Å²) in [5, 5.41) is 4.72. The fourth-order valence-electron chi connectivity index (χ4n) is 6.36. The highest BCUT2D eigenvalue weighted by Crippen LogP contribution is 2.51. The van der Waals surface area contributed by atoms with E-state index < -0.39 is 21.6 Å². The minimum Gasteiger partial charge on any atom is -0.393 e. The molecule has 49 heavy (non-hydrogen) atoms. The standard InChI is InChI=1S/C41H33N3O4S/c45-38-40(29-31-15-5-1-6-16-31,47-27-28-48-42-30-36-26-25-32-17-13-14-24-37(32)43-36)49-39(46)44(38)41(33-18-7-2-8-19-33,34-20-9-3-10-21-34)35-22-11-4-12-23-35/h1-26,30H,27-29H2. The summed E-state index contributed by atoms with van der Waals surface area (Å²) in [7, 11) is 0. The van der Waals surface area contributed by atoms with Gasteiger partial charge in [0.25, 0.3) is 11.1 Å². The van der Waals surface area contributed by atoms with E-state index in [9.17, 15) is 4.79 Å². The lowest BCUT2D eigenvalue weighted by Gasteiger charge is -2.42. The predicted molar refractivity (Wildman–Crippen MR) is 193 cm³/mol. The number of para-hydroxylation sites is 1. The van der Waals surface area contributed by atoms with Gasteiger partial charge in [-0.15, -0.1) is 0 Å². The lowest BCUT2D eigenvalue weighted by Crippen LogP contribution is -2.54. The van der Waals surface area contributed by atoms with Gasteiger partial charge in [-0.05, 0) is 46.1 Å². The van der Waals surface area contributed by atoms with Gasteiger partial charge < -0.3 is 9.57 Å². The number of hydrogen-bond donors (Lipinski definition) is 0. The second-order valence-electron chi connectivity index (χ2n) is 11.6. The number of nitrogens with zero attached hydrogens (tertiary/aromatic N) is 3. The number of aromatic nitrogens is 1. The van der Waals surface area contributed by atoms with Crippen molar-refractivity contribution in [1.29, 1.82) is 0 Å². The zero-order valence-corrected chi connectivity index (χ0v) is 27.4. The molecule has 1 aliphatic heterocycles. The number of hydrogen-bond acceptors (Lipinski definition) is 7. The summed E-state index contributed by atoms with van der Waals surface area (Å²) in [5.74, 6) is -0.438. The Balaban J connectivity index is 1.21. The smallest absolute Gasteiger partial charge is 0.293 e. The summed E-state index contributed by atoms with van der Waals surface area (Å²) in [5.41, 5.74) is 3.47. The average Bonchev–Trinajstić information content (AvgIpc) is 3.40. The Bertz CT molecular complexity index is 1980. The molecule has 7 nitrogen and oxygen atoms in total. The maximum atomic E-state index is 15.1. The van der Waals surface area contributed by atoms with E-state index in [1.807, 2.05) is 158 Å². The zero-order valence-electron chi connectivity index (χ0n) is 26.6. The average molecular weight is 664 g/mol. The van der Waals surface area contributed by atoms with Crippen LogP contribution < -0.4 is 0 Å². The van der Waals surface area contributed by atoms with Crippen LogP contribution in [0.15, 0.2) is 163 Å². The topological polar surface area (TPSA) is 81.1 Å². The third kappa shape index (κ3) is 6.36. The third-order valence-electron chi connectivity index (χ3n) is 8.54. The second-order valence-corrected chi connectivity index (χ2v) is 12.8. The molecule has 5 aromatic carbocycles. The van der Waals surface area contributed by atoms with Crippen molar-refractivity contribution in [3.05, 3.63) is 186 Å². The minimum atomic E-state index is -1.55. The molecule has 8 heteroatoms. The number of carbonyl (C=O) groups is 2. The Morgan fingerprint density at radius 2 is 1.22 bits per heavy atom. The van der Waals surface area contributed by atoms with Crippen molar-refractivity contribution in [3.8, 4) is 0 Å². The maximum absolute atomic E-state index is 15.1. The van der Waals surface area contributed by atoms with Crippen LogP contribution in [0.1, 0.15) is 27.9 Å². The molecule has 6 aromatic rings. The highest BCUT2D eigenvalue weighted by molar-refractivity contribution is 8.15. The molecule has 2 heterocycles. The van der Waals surface area contributed by atoms with Crippen molar-refractivity contribution in [1.82, 2.24) is 9.88 Å². The molecule has 0 aliphatic carbocycles. The molecule has 0 radical (unpaired) electrons. The molecule has 0 saturated carbocycles. The number of pyridine rings is 1. The first-order valence-corrected chi connectivity index (χ1v) is 16.8. The SMILES string of the molecule is O=C1SC(Cc2ccccc2)(OCCON=Cc2ccc3ccccc3n2)C(=O)N1C(c1ccccc1)(c1ccccc1)c1ccccc1. The molecule has 1 saturated heterocycles. The van der Waals surface area contributed by atoms with Crippen molar-refractivity contribution in [2.75, 3.05) is 13.2 Å². The van der Waals surface area contributed by atoms with Gasteiger partial charge in [0, 0.05) is 11.8 Å². The fraction of sp³-hybridized carbons (Fsp3) is 0.122. The number of ether oxygens (including phenoxy) is 1. The van der Waals surface area contributed by atoms with Crippen LogP contribution in [-0.2, 0) is 26.3 Å². The number of fused-ring (bicyclic) bond motifs is 1. The lowest BCUT2D eigenvalue weighted by atomic mass is 9.75. The molecule has 1 atom stereocenters. The van der Waals surface area contributed by atoms with Gasteiger partial charge in [0.05, 0.1) is 24.0 Å². The summed E-state index contributed by atoms with van der Waals surface area (Å²) in [6.45, 7) is 0.0774. The Morgan fingerprint density at radius 3 is 1.84 bits per heavy atom. The lowest BCUT2D eigenvalue weighted by molar-refractivity contribution is -0.146. The van der Waals surface area contributed by atoms with Crippen molar-refractivity contribution in [3.63, 3.8) is 0 Å². The number of imide groups is 1. The maximum Gasteiger partial charge on any atom is 0.293 e. The molecule has 1 fully saturated rings. The van der Waals surface area contributed by atoms with E-state index in [4.69, 9.17) is 9.57 Å². The van der Waals surface area contributed by atoms with Crippen molar-refractivity contribution < 1.29 is 19.2 Å². The highest BCUT2D eigenvalue weighted by Gasteiger charge is 2.61. The van der Waals surface area contributed by atoms with Crippen LogP contribution in [0.3, 0.4) is 0 Å². The summed E-state index contributed by atoms with van der Waals surface area (Å²) in [6, 6.07) is 50.4. The van der Waals surface area contributed by atoms with Crippen LogP contribution in [0.4, 0.5) is 4.79 Å². The molecule has 1 aromatic heterocycles. The first-order valence-electron chi connectivity index (χ1n) is 16.0. The monoisotopic (exact) mass is 663 g/mol. The second kappa shape index (κ2) is 14.3. The quantitative estimate of drug-likeness (QED) is 0.0568. The van der Waals surface area contributed by atoms with Gasteiger partial charge in [-0.25, -0.2) is 4.98 Å².